The van der Waals surface area contributed by atoms with E-state index in [1.54, 1.807) is 7.11 Å². The molecule has 26 heavy (non-hydrogen) atoms. The van der Waals surface area contributed by atoms with E-state index in [-0.39, 0.29) is 12.0 Å². The third-order valence-corrected chi connectivity index (χ3v) is 5.27. The number of methoxy groups -OCH3 is 1. The normalized spacial score (nSPS) is 25.9. The van der Waals surface area contributed by atoms with Crippen LogP contribution in [0.1, 0.15) is 24.8 Å². The van der Waals surface area contributed by atoms with E-state index in [0.717, 1.165) is 36.4 Å². The predicted molar refractivity (Wildman–Crippen MR) is 104 cm³/mol. The summed E-state index contributed by atoms with van der Waals surface area (Å²) in [5.74, 6) is 1.77. The van der Waals surface area contributed by atoms with Crippen molar-refractivity contribution in [2.24, 2.45) is 5.92 Å². The van der Waals surface area contributed by atoms with E-state index >= 15 is 0 Å². The first-order valence-electron chi connectivity index (χ1n) is 9.24. The molecule has 3 unspecified atom stereocenters. The van der Waals surface area contributed by atoms with Crippen molar-refractivity contribution < 1.29 is 14.6 Å². The van der Waals surface area contributed by atoms with Crippen LogP contribution in [0.5, 0.6) is 11.5 Å². The Morgan fingerprint density at radius 1 is 1.08 bits per heavy atom. The maximum Gasteiger partial charge on any atom is 0.119 e. The van der Waals surface area contributed by atoms with Crippen LogP contribution in [0.15, 0.2) is 54.6 Å². The Morgan fingerprint density at radius 2 is 1.81 bits per heavy atom. The second kappa shape index (κ2) is 8.11. The Balaban J connectivity index is 1.81. The van der Waals surface area contributed by atoms with Crippen LogP contribution in [0.3, 0.4) is 0 Å². The fourth-order valence-corrected chi connectivity index (χ4v) is 3.95. The summed E-state index contributed by atoms with van der Waals surface area (Å²) < 4.78 is 11.5. The lowest BCUT2D eigenvalue weighted by Gasteiger charge is -2.44. The molecule has 2 aromatic rings. The molecule has 1 fully saturated rings. The van der Waals surface area contributed by atoms with E-state index in [9.17, 15) is 5.11 Å². The van der Waals surface area contributed by atoms with E-state index < -0.39 is 5.60 Å². The van der Waals surface area contributed by atoms with Crippen LogP contribution in [-0.4, -0.2) is 43.9 Å². The molecule has 0 heterocycles. The predicted octanol–water partition coefficient (Wildman–Crippen LogP) is 3.69. The Morgan fingerprint density at radius 3 is 2.50 bits per heavy atom. The van der Waals surface area contributed by atoms with Crippen molar-refractivity contribution >= 4 is 0 Å². The van der Waals surface area contributed by atoms with Gasteiger partial charge < -0.3 is 19.5 Å². The molecule has 1 aliphatic carbocycles. The number of nitrogens with zero attached hydrogens (tertiary/aromatic N) is 1. The Labute approximate surface area is 156 Å². The van der Waals surface area contributed by atoms with Gasteiger partial charge in [0.25, 0.3) is 0 Å². The van der Waals surface area contributed by atoms with E-state index in [2.05, 4.69) is 4.90 Å². The zero-order chi connectivity index (χ0) is 18.6. The van der Waals surface area contributed by atoms with Gasteiger partial charge in [0.15, 0.2) is 0 Å². The van der Waals surface area contributed by atoms with Gasteiger partial charge in [0, 0.05) is 12.5 Å². The minimum atomic E-state index is -0.866. The first-order chi connectivity index (χ1) is 12.5. The number of aliphatic hydroxyl groups is 1. The summed E-state index contributed by atoms with van der Waals surface area (Å²) in [5, 5.41) is 11.6. The molecule has 1 aliphatic rings. The molecular formula is C22H29NO3. The zero-order valence-corrected chi connectivity index (χ0v) is 15.9. The quantitative estimate of drug-likeness (QED) is 0.858. The highest BCUT2D eigenvalue weighted by atomic mass is 16.5. The number of benzene rings is 2. The zero-order valence-electron chi connectivity index (χ0n) is 15.9. The van der Waals surface area contributed by atoms with Crippen molar-refractivity contribution in [3.8, 4) is 11.5 Å². The van der Waals surface area contributed by atoms with Gasteiger partial charge in [0.2, 0.25) is 0 Å². The van der Waals surface area contributed by atoms with Crippen LogP contribution in [0.25, 0.3) is 0 Å². The van der Waals surface area contributed by atoms with Crippen LogP contribution in [-0.2, 0) is 5.60 Å². The van der Waals surface area contributed by atoms with Gasteiger partial charge in [-0.3, -0.25) is 0 Å². The van der Waals surface area contributed by atoms with E-state index in [1.165, 1.54) is 0 Å². The Bertz CT molecular complexity index is 704. The van der Waals surface area contributed by atoms with Crippen molar-refractivity contribution in [2.45, 2.75) is 31.0 Å². The van der Waals surface area contributed by atoms with Crippen LogP contribution in [0.4, 0.5) is 0 Å². The average Bonchev–Trinajstić information content (AvgIpc) is 2.65. The number of rotatable bonds is 6. The average molecular weight is 355 g/mol. The molecule has 0 saturated heterocycles. The smallest absolute Gasteiger partial charge is 0.119 e. The second-order valence-corrected chi connectivity index (χ2v) is 7.44. The molecule has 0 amide bonds. The van der Waals surface area contributed by atoms with Crippen LogP contribution in [0, 0.1) is 5.92 Å². The standard InChI is InChI=1S/C22H29NO3/c1-23(2)16-18-15-21(26-19-9-5-4-6-10-19)12-13-22(18,24)17-8-7-11-20(14-17)25-3/h4-11,14,18,21,24H,12-13,15-16H2,1-3H3. The third-order valence-electron chi connectivity index (χ3n) is 5.27. The molecule has 3 rings (SSSR count). The molecule has 140 valence electrons. The fraction of sp³-hybridized carbons (Fsp3) is 0.455. The summed E-state index contributed by atoms with van der Waals surface area (Å²) in [6.45, 7) is 0.808. The highest BCUT2D eigenvalue weighted by Crippen LogP contribution is 2.43. The van der Waals surface area contributed by atoms with Gasteiger partial charge in [0.1, 0.15) is 11.5 Å². The van der Waals surface area contributed by atoms with Crippen molar-refractivity contribution in [1.82, 2.24) is 4.90 Å². The number of hydrogen-bond acceptors (Lipinski definition) is 4. The number of hydrogen-bond donors (Lipinski definition) is 1. The van der Waals surface area contributed by atoms with E-state index in [4.69, 9.17) is 9.47 Å². The molecule has 0 bridgehead atoms. The molecule has 2 aromatic carbocycles. The summed E-state index contributed by atoms with van der Waals surface area (Å²) >= 11 is 0. The molecule has 0 spiro atoms. The summed E-state index contributed by atoms with van der Waals surface area (Å²) in [7, 11) is 5.76. The highest BCUT2D eigenvalue weighted by Gasteiger charge is 2.44. The molecule has 3 atom stereocenters. The van der Waals surface area contributed by atoms with Crippen molar-refractivity contribution in [3.05, 3.63) is 60.2 Å². The van der Waals surface area contributed by atoms with Crippen molar-refractivity contribution in [2.75, 3.05) is 27.7 Å². The largest absolute Gasteiger partial charge is 0.497 e. The maximum atomic E-state index is 11.6. The Hall–Kier alpha value is -2.04. The number of ether oxygens (including phenoxy) is 2. The molecule has 4 heteroatoms. The van der Waals surface area contributed by atoms with Gasteiger partial charge in [-0.15, -0.1) is 0 Å². The number of para-hydroxylation sites is 1. The molecule has 0 aromatic heterocycles. The first kappa shape index (κ1) is 18.7. The van der Waals surface area contributed by atoms with Crippen LogP contribution in [0.2, 0.25) is 0 Å². The fourth-order valence-electron chi connectivity index (χ4n) is 3.95. The van der Waals surface area contributed by atoms with Gasteiger partial charge in [-0.2, -0.15) is 0 Å². The first-order valence-corrected chi connectivity index (χ1v) is 9.24. The second-order valence-electron chi connectivity index (χ2n) is 7.44. The summed E-state index contributed by atoms with van der Waals surface area (Å²) in [6, 6.07) is 17.8. The molecule has 1 N–H and O–H groups in total. The van der Waals surface area contributed by atoms with Crippen LogP contribution < -0.4 is 9.47 Å². The summed E-state index contributed by atoms with van der Waals surface area (Å²) in [6.07, 6.45) is 2.44. The van der Waals surface area contributed by atoms with Gasteiger partial charge in [-0.25, -0.2) is 0 Å². The molecular weight excluding hydrogens is 326 g/mol. The monoisotopic (exact) mass is 355 g/mol. The van der Waals surface area contributed by atoms with E-state index in [0.29, 0.717) is 6.42 Å². The Kier molecular flexibility index (Phi) is 5.84. The summed E-state index contributed by atoms with van der Waals surface area (Å²) in [5.41, 5.74) is 0.0666. The van der Waals surface area contributed by atoms with Gasteiger partial charge in [-0.05, 0) is 63.2 Å². The van der Waals surface area contributed by atoms with Gasteiger partial charge in [-0.1, -0.05) is 30.3 Å². The molecule has 4 nitrogen and oxygen atoms in total. The maximum absolute atomic E-state index is 11.6. The minimum Gasteiger partial charge on any atom is -0.497 e. The highest BCUT2D eigenvalue weighted by molar-refractivity contribution is 5.33. The lowest BCUT2D eigenvalue weighted by Crippen LogP contribution is -2.47. The van der Waals surface area contributed by atoms with Crippen molar-refractivity contribution in [1.29, 1.82) is 0 Å². The lowest BCUT2D eigenvalue weighted by molar-refractivity contribution is -0.0875. The third kappa shape index (κ3) is 4.19. The topological polar surface area (TPSA) is 41.9 Å². The minimum absolute atomic E-state index is 0.0899. The van der Waals surface area contributed by atoms with Gasteiger partial charge in [0.05, 0.1) is 18.8 Å². The summed E-state index contributed by atoms with van der Waals surface area (Å²) in [4.78, 5) is 2.14. The molecule has 1 saturated carbocycles. The lowest BCUT2D eigenvalue weighted by atomic mass is 9.70. The van der Waals surface area contributed by atoms with Gasteiger partial charge >= 0.3 is 0 Å². The molecule has 0 aliphatic heterocycles. The van der Waals surface area contributed by atoms with Crippen LogP contribution >= 0.6 is 0 Å². The van der Waals surface area contributed by atoms with Crippen molar-refractivity contribution in [3.63, 3.8) is 0 Å². The SMILES string of the molecule is COc1cccc(C2(O)CCC(Oc3ccccc3)CC2CN(C)C)c1. The molecule has 0 radical (unpaired) electrons. The van der Waals surface area contributed by atoms with E-state index in [1.807, 2.05) is 68.7 Å².